The summed E-state index contributed by atoms with van der Waals surface area (Å²) in [4.78, 5) is 30.2. The van der Waals surface area contributed by atoms with Crippen molar-refractivity contribution in [3.63, 3.8) is 0 Å². The third-order valence-electron chi connectivity index (χ3n) is 3.00. The number of aromatic nitrogens is 2. The average molecular weight is 325 g/mol. The highest BCUT2D eigenvalue weighted by atomic mass is 35.5. The maximum atomic E-state index is 12.0. The van der Waals surface area contributed by atoms with Crippen LogP contribution < -0.4 is 10.6 Å². The number of carbonyl (C=O) groups is 2. The molecule has 0 radical (unpaired) electrons. The normalized spacial score (nSPS) is 10.5. The zero-order valence-electron chi connectivity index (χ0n) is 12.1. The van der Waals surface area contributed by atoms with Crippen molar-refractivity contribution < 1.29 is 14.3 Å². The minimum Gasteiger partial charge on any atom is -0.453 e. The summed E-state index contributed by atoms with van der Waals surface area (Å²) < 4.78 is 4.49. The summed E-state index contributed by atoms with van der Waals surface area (Å²) in [6.45, 7) is 0.585. The van der Waals surface area contributed by atoms with E-state index in [9.17, 15) is 9.59 Å². The molecule has 0 aliphatic carbocycles. The van der Waals surface area contributed by atoms with Crippen LogP contribution in [0.1, 0.15) is 23.2 Å². The van der Waals surface area contributed by atoms with E-state index in [1.54, 1.807) is 18.2 Å². The van der Waals surface area contributed by atoms with E-state index in [4.69, 9.17) is 11.6 Å². The first-order valence-corrected chi connectivity index (χ1v) is 7.36. The number of fused-ring (bicyclic) bond motifs is 1. The molecule has 0 spiro atoms. The fourth-order valence-corrected chi connectivity index (χ4v) is 2.07. The number of H-pyrrole nitrogens is 1. The fraction of sp³-hybridized carbons (Fsp3) is 0.357. The van der Waals surface area contributed by atoms with E-state index in [2.05, 4.69) is 25.3 Å². The highest BCUT2D eigenvalue weighted by Crippen LogP contribution is 2.16. The van der Waals surface area contributed by atoms with Gasteiger partial charge in [0, 0.05) is 18.0 Å². The third kappa shape index (κ3) is 4.11. The number of methoxy groups -OCH3 is 1. The maximum absolute atomic E-state index is 12.0. The Morgan fingerprint density at radius 3 is 2.91 bits per heavy atom. The van der Waals surface area contributed by atoms with E-state index in [0.717, 1.165) is 12.8 Å². The standard InChI is InChI=1S/C14H17ClN4O3/c1-22-14(21)19-13-17-10-5-4-9(8-11(10)18-13)12(20)16-7-3-2-6-15/h4-5,8H,2-3,6-7H2,1H3,(H,16,20)(H2,17,18,19,21). The second kappa shape index (κ2) is 7.65. The molecule has 2 amide bonds. The van der Waals surface area contributed by atoms with Crippen molar-refractivity contribution in [1.82, 2.24) is 15.3 Å². The van der Waals surface area contributed by atoms with Crippen molar-refractivity contribution >= 4 is 40.6 Å². The predicted molar refractivity (Wildman–Crippen MR) is 84.4 cm³/mol. The van der Waals surface area contributed by atoms with Gasteiger partial charge in [-0.3, -0.25) is 10.1 Å². The molecule has 0 saturated carbocycles. The Morgan fingerprint density at radius 1 is 1.36 bits per heavy atom. The quantitative estimate of drug-likeness (QED) is 0.562. The fourth-order valence-electron chi connectivity index (χ4n) is 1.88. The monoisotopic (exact) mass is 324 g/mol. The highest BCUT2D eigenvalue weighted by Gasteiger charge is 2.10. The van der Waals surface area contributed by atoms with Crippen LogP contribution in [-0.2, 0) is 4.74 Å². The molecule has 0 atom stereocenters. The van der Waals surface area contributed by atoms with Crippen LogP contribution in [0.2, 0.25) is 0 Å². The van der Waals surface area contributed by atoms with Crippen LogP contribution >= 0.6 is 11.6 Å². The molecule has 0 saturated heterocycles. The number of unbranched alkanes of at least 4 members (excludes halogenated alkanes) is 1. The number of halogens is 1. The van der Waals surface area contributed by atoms with Crippen molar-refractivity contribution in [2.24, 2.45) is 0 Å². The Kier molecular flexibility index (Phi) is 5.60. The molecule has 8 heteroatoms. The van der Waals surface area contributed by atoms with Gasteiger partial charge in [-0.2, -0.15) is 0 Å². The molecule has 2 rings (SSSR count). The van der Waals surface area contributed by atoms with E-state index in [1.165, 1.54) is 7.11 Å². The lowest BCUT2D eigenvalue weighted by molar-refractivity contribution is 0.0953. The number of alkyl halides is 1. The van der Waals surface area contributed by atoms with Crippen LogP contribution in [0.25, 0.3) is 11.0 Å². The zero-order valence-corrected chi connectivity index (χ0v) is 12.9. The minimum absolute atomic E-state index is 0.159. The molecule has 1 heterocycles. The topological polar surface area (TPSA) is 96.1 Å². The van der Waals surface area contributed by atoms with Gasteiger partial charge in [0.15, 0.2) is 0 Å². The van der Waals surface area contributed by atoms with Crippen LogP contribution in [0, 0.1) is 0 Å². The van der Waals surface area contributed by atoms with E-state index >= 15 is 0 Å². The van der Waals surface area contributed by atoms with Gasteiger partial charge in [0.2, 0.25) is 5.95 Å². The molecule has 0 fully saturated rings. The van der Waals surface area contributed by atoms with Crippen LogP contribution in [-0.4, -0.2) is 41.5 Å². The Morgan fingerprint density at radius 2 is 2.18 bits per heavy atom. The zero-order chi connectivity index (χ0) is 15.9. The summed E-state index contributed by atoms with van der Waals surface area (Å²) in [5.74, 6) is 0.696. The molecule has 0 aliphatic rings. The summed E-state index contributed by atoms with van der Waals surface area (Å²) >= 11 is 5.59. The van der Waals surface area contributed by atoms with Crippen LogP contribution in [0.5, 0.6) is 0 Å². The van der Waals surface area contributed by atoms with E-state index in [1.807, 2.05) is 0 Å². The van der Waals surface area contributed by atoms with Crippen molar-refractivity contribution in [3.05, 3.63) is 23.8 Å². The number of carbonyl (C=O) groups excluding carboxylic acids is 2. The maximum Gasteiger partial charge on any atom is 0.413 e. The van der Waals surface area contributed by atoms with Crippen molar-refractivity contribution in [3.8, 4) is 0 Å². The van der Waals surface area contributed by atoms with E-state index < -0.39 is 6.09 Å². The first-order valence-electron chi connectivity index (χ1n) is 6.83. The lowest BCUT2D eigenvalue weighted by Crippen LogP contribution is -2.24. The summed E-state index contributed by atoms with van der Waals surface area (Å²) in [7, 11) is 1.27. The van der Waals surface area contributed by atoms with Crippen molar-refractivity contribution in [2.75, 3.05) is 24.9 Å². The Labute approximate surface area is 132 Å². The first-order chi connectivity index (χ1) is 10.6. The minimum atomic E-state index is -0.615. The SMILES string of the molecule is COC(=O)Nc1nc2ccc(C(=O)NCCCCCl)cc2[nH]1. The Hall–Kier alpha value is -2.28. The molecule has 7 nitrogen and oxygen atoms in total. The smallest absolute Gasteiger partial charge is 0.413 e. The molecule has 0 bridgehead atoms. The molecule has 2 aromatic rings. The summed E-state index contributed by atoms with van der Waals surface area (Å²) in [5.41, 5.74) is 1.82. The number of aromatic amines is 1. The van der Waals surface area contributed by atoms with E-state index in [0.29, 0.717) is 29.0 Å². The molecule has 0 aliphatic heterocycles. The Balaban J connectivity index is 2.06. The van der Waals surface area contributed by atoms with Gasteiger partial charge in [-0.25, -0.2) is 9.78 Å². The van der Waals surface area contributed by atoms with Gasteiger partial charge < -0.3 is 15.0 Å². The second-order valence-electron chi connectivity index (χ2n) is 4.59. The molecule has 0 unspecified atom stereocenters. The number of anilines is 1. The van der Waals surface area contributed by atoms with Gasteiger partial charge in [0.05, 0.1) is 18.1 Å². The predicted octanol–water partition coefficient (Wildman–Crippen LogP) is 2.49. The number of benzene rings is 1. The molecule has 3 N–H and O–H groups in total. The van der Waals surface area contributed by atoms with Crippen LogP contribution in [0.4, 0.5) is 10.7 Å². The van der Waals surface area contributed by atoms with Gasteiger partial charge in [-0.15, -0.1) is 11.6 Å². The summed E-state index contributed by atoms with van der Waals surface area (Å²) in [6.07, 6.45) is 1.09. The van der Waals surface area contributed by atoms with Gasteiger partial charge in [-0.05, 0) is 31.0 Å². The van der Waals surface area contributed by atoms with Crippen LogP contribution in [0.15, 0.2) is 18.2 Å². The number of nitrogens with zero attached hydrogens (tertiary/aromatic N) is 1. The van der Waals surface area contributed by atoms with Gasteiger partial charge in [0.25, 0.3) is 5.91 Å². The van der Waals surface area contributed by atoms with E-state index in [-0.39, 0.29) is 11.9 Å². The first kappa shape index (κ1) is 16.1. The molecule has 1 aromatic carbocycles. The Bertz CT molecular complexity index is 671. The van der Waals surface area contributed by atoms with Crippen molar-refractivity contribution in [1.29, 1.82) is 0 Å². The molecule has 118 valence electrons. The molecular formula is C14H17ClN4O3. The highest BCUT2D eigenvalue weighted by molar-refractivity contribution is 6.17. The molecular weight excluding hydrogens is 308 g/mol. The summed E-state index contributed by atoms with van der Waals surface area (Å²) in [6, 6.07) is 5.08. The number of rotatable bonds is 6. The third-order valence-corrected chi connectivity index (χ3v) is 3.26. The number of ether oxygens (including phenoxy) is 1. The van der Waals surface area contributed by atoms with Crippen molar-refractivity contribution in [2.45, 2.75) is 12.8 Å². The number of hydrogen-bond donors (Lipinski definition) is 3. The number of nitrogens with one attached hydrogen (secondary N) is 3. The second-order valence-corrected chi connectivity index (χ2v) is 4.96. The van der Waals surface area contributed by atoms with Gasteiger partial charge in [-0.1, -0.05) is 0 Å². The largest absolute Gasteiger partial charge is 0.453 e. The molecule has 1 aromatic heterocycles. The van der Waals surface area contributed by atoms with Gasteiger partial charge in [0.1, 0.15) is 0 Å². The number of imidazole rings is 1. The number of amides is 2. The van der Waals surface area contributed by atoms with Crippen LogP contribution in [0.3, 0.4) is 0 Å². The lowest BCUT2D eigenvalue weighted by Gasteiger charge is -2.04. The summed E-state index contributed by atoms with van der Waals surface area (Å²) in [5, 5.41) is 5.26. The average Bonchev–Trinajstić information content (AvgIpc) is 2.92. The lowest BCUT2D eigenvalue weighted by atomic mass is 10.2. The van der Waals surface area contributed by atoms with Gasteiger partial charge >= 0.3 is 6.09 Å². The number of hydrogen-bond acceptors (Lipinski definition) is 4. The molecule has 22 heavy (non-hydrogen) atoms.